The largest absolute Gasteiger partial charge is 0.352 e. The highest BCUT2D eigenvalue weighted by Gasteiger charge is 2.29. The Balaban J connectivity index is 1.64. The minimum Gasteiger partial charge on any atom is -0.352 e. The average molecular weight is 509 g/mol. The van der Waals surface area contributed by atoms with Crippen molar-refractivity contribution in [1.82, 2.24) is 24.6 Å². The Morgan fingerprint density at radius 2 is 1.73 bits per heavy atom. The van der Waals surface area contributed by atoms with Gasteiger partial charge in [-0.25, -0.2) is 19.0 Å². The molecule has 1 amide bonds. The second-order valence-electron chi connectivity index (χ2n) is 10.6. The summed E-state index contributed by atoms with van der Waals surface area (Å²) in [5.74, 6) is 2.36. The number of hydrogen-bond donors (Lipinski definition) is 0. The van der Waals surface area contributed by atoms with Gasteiger partial charge < -0.3 is 9.80 Å². The third-order valence-electron chi connectivity index (χ3n) is 7.39. The van der Waals surface area contributed by atoms with Crippen LogP contribution in [0.3, 0.4) is 0 Å². The summed E-state index contributed by atoms with van der Waals surface area (Å²) in [5.41, 5.74) is 2.36. The predicted molar refractivity (Wildman–Crippen MR) is 147 cm³/mol. The van der Waals surface area contributed by atoms with E-state index < -0.39 is 0 Å². The van der Waals surface area contributed by atoms with Crippen molar-refractivity contribution < 1.29 is 9.18 Å². The van der Waals surface area contributed by atoms with Crippen LogP contribution < -0.4 is 4.90 Å². The predicted octanol–water partition coefficient (Wildman–Crippen LogP) is 5.72. The smallest absolute Gasteiger partial charge is 0.225 e. The number of benzene rings is 1. The van der Waals surface area contributed by atoms with E-state index in [-0.39, 0.29) is 11.7 Å². The Kier molecular flexibility index (Phi) is 8.77. The van der Waals surface area contributed by atoms with E-state index in [9.17, 15) is 9.18 Å². The van der Waals surface area contributed by atoms with Gasteiger partial charge in [-0.3, -0.25) is 4.79 Å². The van der Waals surface area contributed by atoms with Crippen molar-refractivity contribution in [1.29, 1.82) is 0 Å². The van der Waals surface area contributed by atoms with Crippen LogP contribution in [-0.2, 0) is 11.2 Å². The summed E-state index contributed by atoms with van der Waals surface area (Å²) in [5, 5.41) is 5.71. The molecule has 3 aromatic rings. The first-order valence-corrected chi connectivity index (χ1v) is 13.9. The van der Waals surface area contributed by atoms with Crippen LogP contribution in [-0.4, -0.2) is 56.7 Å². The summed E-state index contributed by atoms with van der Waals surface area (Å²) < 4.78 is 15.4. The van der Waals surface area contributed by atoms with Crippen LogP contribution in [0.2, 0.25) is 0 Å². The van der Waals surface area contributed by atoms with Gasteiger partial charge in [0.1, 0.15) is 17.5 Å². The second kappa shape index (κ2) is 12.0. The number of hydrogen-bond acceptors (Lipinski definition) is 5. The van der Waals surface area contributed by atoms with Crippen molar-refractivity contribution in [3.8, 4) is 5.69 Å². The van der Waals surface area contributed by atoms with Gasteiger partial charge in [0.2, 0.25) is 5.91 Å². The quantitative estimate of drug-likeness (QED) is 0.351. The number of piperazine rings is 1. The third kappa shape index (κ3) is 6.11. The second-order valence-corrected chi connectivity index (χ2v) is 10.6. The lowest BCUT2D eigenvalue weighted by Gasteiger charge is -2.37. The minimum atomic E-state index is -0.280. The molecule has 4 rings (SSSR count). The summed E-state index contributed by atoms with van der Waals surface area (Å²) >= 11 is 0. The fourth-order valence-corrected chi connectivity index (χ4v) is 5.08. The van der Waals surface area contributed by atoms with Crippen LogP contribution >= 0.6 is 0 Å². The van der Waals surface area contributed by atoms with Crippen molar-refractivity contribution in [2.45, 2.75) is 73.1 Å². The molecule has 0 N–H and O–H groups in total. The maximum absolute atomic E-state index is 13.6. The van der Waals surface area contributed by atoms with E-state index in [2.05, 4.69) is 32.6 Å². The minimum absolute atomic E-state index is 0.121. The Bertz CT molecular complexity index is 1200. The molecule has 0 aliphatic carbocycles. The molecule has 0 spiro atoms. The van der Waals surface area contributed by atoms with Gasteiger partial charge in [0, 0.05) is 38.5 Å². The van der Waals surface area contributed by atoms with Crippen LogP contribution in [0.25, 0.3) is 16.7 Å². The van der Waals surface area contributed by atoms with Crippen LogP contribution in [0.4, 0.5) is 10.2 Å². The lowest BCUT2D eigenvalue weighted by atomic mass is 9.97. The van der Waals surface area contributed by atoms with Crippen LogP contribution in [0.5, 0.6) is 0 Å². The summed E-state index contributed by atoms with van der Waals surface area (Å²) in [4.78, 5) is 27.5. The molecule has 1 aromatic carbocycles. The first-order valence-electron chi connectivity index (χ1n) is 13.9. The maximum atomic E-state index is 13.6. The average Bonchev–Trinajstić information content (AvgIpc) is 3.24. The molecular weight excluding hydrogens is 467 g/mol. The molecule has 1 saturated heterocycles. The van der Waals surface area contributed by atoms with E-state index in [1.54, 1.807) is 16.8 Å². The molecule has 0 saturated carbocycles. The van der Waals surface area contributed by atoms with Gasteiger partial charge >= 0.3 is 0 Å². The SMILES string of the molecule is CCCC[C@@H](CC)C(=O)N1CCN(c2nc(CCC(C)C)nc3c2c(C)nn3-c2ccc(F)cc2)CC1. The van der Waals surface area contributed by atoms with E-state index >= 15 is 0 Å². The Morgan fingerprint density at radius 1 is 1.03 bits per heavy atom. The third-order valence-corrected chi connectivity index (χ3v) is 7.39. The van der Waals surface area contributed by atoms with Gasteiger partial charge in [-0.1, -0.05) is 40.5 Å². The number of rotatable bonds is 10. The number of nitrogens with zero attached hydrogens (tertiary/aromatic N) is 6. The Hall–Kier alpha value is -3.03. The molecule has 1 fully saturated rings. The van der Waals surface area contributed by atoms with E-state index in [1.807, 2.05) is 11.8 Å². The molecule has 2 aromatic heterocycles. The van der Waals surface area contributed by atoms with E-state index in [0.717, 1.165) is 85.7 Å². The fourth-order valence-electron chi connectivity index (χ4n) is 5.08. The van der Waals surface area contributed by atoms with Crippen molar-refractivity contribution in [2.24, 2.45) is 11.8 Å². The van der Waals surface area contributed by atoms with E-state index in [0.29, 0.717) is 24.9 Å². The number of halogens is 1. The van der Waals surface area contributed by atoms with Crippen molar-refractivity contribution >= 4 is 22.8 Å². The number of unbranched alkanes of at least 4 members (excludes halogenated alkanes) is 1. The summed E-state index contributed by atoms with van der Waals surface area (Å²) in [6, 6.07) is 6.34. The highest BCUT2D eigenvalue weighted by Crippen LogP contribution is 2.30. The van der Waals surface area contributed by atoms with Crippen LogP contribution in [0, 0.1) is 24.6 Å². The van der Waals surface area contributed by atoms with Gasteiger partial charge in [0.25, 0.3) is 0 Å². The monoisotopic (exact) mass is 508 g/mol. The van der Waals surface area contributed by atoms with Gasteiger partial charge in [-0.2, -0.15) is 5.10 Å². The molecule has 8 heteroatoms. The number of aryl methyl sites for hydroxylation is 2. The molecule has 0 unspecified atom stereocenters. The van der Waals surface area contributed by atoms with Crippen molar-refractivity contribution in [3.63, 3.8) is 0 Å². The Labute approximate surface area is 220 Å². The van der Waals surface area contributed by atoms with Gasteiger partial charge in [-0.15, -0.1) is 0 Å². The molecule has 0 radical (unpaired) electrons. The molecule has 1 aliphatic heterocycles. The number of anilines is 1. The van der Waals surface area contributed by atoms with Crippen LogP contribution in [0.15, 0.2) is 24.3 Å². The summed E-state index contributed by atoms with van der Waals surface area (Å²) in [6.07, 6.45) is 5.85. The molecule has 1 aliphatic rings. The van der Waals surface area contributed by atoms with Gasteiger partial charge in [-0.05, 0) is 56.4 Å². The fraction of sp³-hybridized carbons (Fsp3) is 0.586. The molecule has 1 atom stereocenters. The topological polar surface area (TPSA) is 67.2 Å². The zero-order valence-corrected chi connectivity index (χ0v) is 23.0. The Morgan fingerprint density at radius 3 is 2.35 bits per heavy atom. The number of aromatic nitrogens is 4. The van der Waals surface area contributed by atoms with Crippen molar-refractivity contribution in [2.75, 3.05) is 31.1 Å². The standard InChI is InChI=1S/C29H41FN6O/c1-6-8-9-22(7-2)29(37)35-18-16-34(17-19-35)27-26-21(5)33-36(24-13-11-23(30)12-14-24)28(26)32-25(31-27)15-10-20(3)4/h11-14,20,22H,6-10,15-19H2,1-5H3/t22-/m1/s1. The zero-order valence-electron chi connectivity index (χ0n) is 23.0. The molecule has 37 heavy (non-hydrogen) atoms. The first kappa shape index (κ1) is 27.0. The zero-order chi connectivity index (χ0) is 26.5. The molecular formula is C29H41FN6O. The van der Waals surface area contributed by atoms with Crippen LogP contribution in [0.1, 0.15) is 71.3 Å². The highest BCUT2D eigenvalue weighted by molar-refractivity contribution is 5.91. The lowest BCUT2D eigenvalue weighted by Crippen LogP contribution is -2.50. The summed E-state index contributed by atoms with van der Waals surface area (Å²) in [7, 11) is 0. The number of amides is 1. The van der Waals surface area contributed by atoms with Gasteiger partial charge in [0.15, 0.2) is 5.65 Å². The highest BCUT2D eigenvalue weighted by atomic mass is 19.1. The number of carbonyl (C=O) groups excluding carboxylic acids is 1. The normalized spacial score (nSPS) is 15.1. The van der Waals surface area contributed by atoms with Crippen molar-refractivity contribution in [3.05, 3.63) is 41.6 Å². The lowest BCUT2D eigenvalue weighted by molar-refractivity contribution is -0.136. The van der Waals surface area contributed by atoms with E-state index in [1.165, 1.54) is 12.1 Å². The number of fused-ring (bicyclic) bond motifs is 1. The molecule has 200 valence electrons. The van der Waals surface area contributed by atoms with E-state index in [4.69, 9.17) is 15.1 Å². The molecule has 7 nitrogen and oxygen atoms in total. The summed E-state index contributed by atoms with van der Waals surface area (Å²) in [6.45, 7) is 13.5. The molecule has 0 bridgehead atoms. The van der Waals surface area contributed by atoms with Gasteiger partial charge in [0.05, 0.1) is 16.8 Å². The first-order chi connectivity index (χ1) is 17.8. The maximum Gasteiger partial charge on any atom is 0.225 e. The number of carbonyl (C=O) groups is 1. The molecule has 3 heterocycles.